The summed E-state index contributed by atoms with van der Waals surface area (Å²) in [5, 5.41) is 11.9. The van der Waals surface area contributed by atoms with E-state index in [0.717, 1.165) is 70.6 Å². The van der Waals surface area contributed by atoms with Gasteiger partial charge in [-0.3, -0.25) is 9.59 Å². The summed E-state index contributed by atoms with van der Waals surface area (Å²) < 4.78 is 5.95. The fourth-order valence-electron chi connectivity index (χ4n) is 5.41. The van der Waals surface area contributed by atoms with Crippen molar-refractivity contribution < 1.29 is 24.2 Å². The Morgan fingerprint density at radius 2 is 1.18 bits per heavy atom. The molecule has 45 heavy (non-hydrogen) atoms. The van der Waals surface area contributed by atoms with Crippen LogP contribution in [-0.4, -0.2) is 41.6 Å². The minimum atomic E-state index is -1.01. The molecular formula is C38H70N2O5. The first kappa shape index (κ1) is 42.9. The van der Waals surface area contributed by atoms with Crippen LogP contribution in [0.15, 0.2) is 24.3 Å². The van der Waals surface area contributed by atoms with Gasteiger partial charge in [-0.05, 0) is 83.6 Å². The first-order valence-electron chi connectivity index (χ1n) is 18.7. The molecule has 0 fully saturated rings. The molecule has 0 bridgehead atoms. The van der Waals surface area contributed by atoms with Crippen molar-refractivity contribution in [3.05, 3.63) is 24.3 Å². The van der Waals surface area contributed by atoms with Crippen LogP contribution in [0.2, 0.25) is 0 Å². The van der Waals surface area contributed by atoms with Gasteiger partial charge in [0.2, 0.25) is 5.91 Å². The number of rotatable bonds is 33. The number of ether oxygens (including phenoxy) is 1. The zero-order valence-corrected chi connectivity index (χ0v) is 29.2. The molecular weight excluding hydrogens is 564 g/mol. The number of allylic oxidation sites excluding steroid dienone is 4. The molecule has 0 rings (SSSR count). The van der Waals surface area contributed by atoms with E-state index >= 15 is 0 Å². The Hall–Kier alpha value is -2.15. The summed E-state index contributed by atoms with van der Waals surface area (Å²) in [5.74, 6) is -1.28. The van der Waals surface area contributed by atoms with Crippen LogP contribution in [0.4, 0.5) is 0 Å². The molecule has 2 atom stereocenters. The van der Waals surface area contributed by atoms with Crippen molar-refractivity contribution in [2.75, 3.05) is 6.54 Å². The van der Waals surface area contributed by atoms with Gasteiger partial charge in [-0.1, -0.05) is 115 Å². The molecule has 1 amide bonds. The highest BCUT2D eigenvalue weighted by Gasteiger charge is 2.19. The van der Waals surface area contributed by atoms with Gasteiger partial charge in [0.1, 0.15) is 12.1 Å². The zero-order chi connectivity index (χ0) is 33.2. The number of esters is 1. The molecule has 0 saturated heterocycles. The van der Waals surface area contributed by atoms with Crippen LogP contribution >= 0.6 is 0 Å². The van der Waals surface area contributed by atoms with Gasteiger partial charge in [0.25, 0.3) is 0 Å². The maximum absolute atomic E-state index is 12.6. The van der Waals surface area contributed by atoms with Gasteiger partial charge >= 0.3 is 11.9 Å². The van der Waals surface area contributed by atoms with E-state index in [9.17, 15) is 19.5 Å². The molecule has 0 aromatic carbocycles. The highest BCUT2D eigenvalue weighted by Crippen LogP contribution is 2.18. The number of carboxylic acids is 1. The molecule has 0 aliphatic carbocycles. The van der Waals surface area contributed by atoms with Crippen molar-refractivity contribution in [2.45, 2.75) is 193 Å². The normalized spacial score (nSPS) is 13.0. The summed E-state index contributed by atoms with van der Waals surface area (Å²) in [6.07, 6.45) is 35.0. The van der Waals surface area contributed by atoms with Crippen LogP contribution in [-0.2, 0) is 19.1 Å². The quantitative estimate of drug-likeness (QED) is 0.0376. The van der Waals surface area contributed by atoms with Crippen molar-refractivity contribution in [2.24, 2.45) is 5.73 Å². The zero-order valence-electron chi connectivity index (χ0n) is 29.2. The first-order valence-corrected chi connectivity index (χ1v) is 18.7. The highest BCUT2D eigenvalue weighted by molar-refractivity contribution is 5.83. The molecule has 0 aromatic heterocycles. The third-order valence-electron chi connectivity index (χ3n) is 8.27. The van der Waals surface area contributed by atoms with E-state index in [4.69, 9.17) is 10.5 Å². The largest absolute Gasteiger partial charge is 0.480 e. The van der Waals surface area contributed by atoms with E-state index < -0.39 is 12.0 Å². The molecule has 0 aliphatic rings. The first-order chi connectivity index (χ1) is 21.9. The molecule has 0 aliphatic heterocycles. The third-order valence-corrected chi connectivity index (χ3v) is 8.27. The average molecular weight is 635 g/mol. The summed E-state index contributed by atoms with van der Waals surface area (Å²) in [6.45, 7) is 4.86. The number of nitrogens with one attached hydrogen (secondary N) is 1. The van der Waals surface area contributed by atoms with Crippen LogP contribution in [0, 0.1) is 0 Å². The SMILES string of the molecule is CCCC/C=C\C/C=C\CCCCCCCC(=O)OC(CCCCCCCC)CCCCCCC(=O)NC(CCCN)C(=O)O. The van der Waals surface area contributed by atoms with Crippen molar-refractivity contribution in [3.63, 3.8) is 0 Å². The third kappa shape index (κ3) is 30.3. The fraction of sp³-hybridized carbons (Fsp3) is 0.816. The molecule has 2 unspecified atom stereocenters. The average Bonchev–Trinajstić information content (AvgIpc) is 3.02. The highest BCUT2D eigenvalue weighted by atomic mass is 16.5. The monoisotopic (exact) mass is 635 g/mol. The van der Waals surface area contributed by atoms with Gasteiger partial charge in [-0.2, -0.15) is 0 Å². The molecule has 7 heteroatoms. The van der Waals surface area contributed by atoms with E-state index in [0.29, 0.717) is 32.2 Å². The van der Waals surface area contributed by atoms with Gasteiger partial charge in [-0.15, -0.1) is 0 Å². The maximum Gasteiger partial charge on any atom is 0.326 e. The summed E-state index contributed by atoms with van der Waals surface area (Å²) in [7, 11) is 0. The van der Waals surface area contributed by atoms with Gasteiger partial charge in [0.15, 0.2) is 0 Å². The lowest BCUT2D eigenvalue weighted by Crippen LogP contribution is -2.40. The number of hydrogen-bond acceptors (Lipinski definition) is 5. The minimum absolute atomic E-state index is 0.0147. The van der Waals surface area contributed by atoms with E-state index in [1.165, 1.54) is 70.6 Å². The molecule has 4 N–H and O–H groups in total. The Bertz CT molecular complexity index is 767. The molecule has 0 saturated carbocycles. The standard InChI is InChI=1S/C38H70N2O5/c1-3-5-7-9-11-12-13-14-15-16-17-18-20-26-32-37(42)45-34(28-23-19-10-8-6-4-2)29-24-21-22-25-31-36(41)40-35(38(43)44)30-27-33-39/h9,11,13-14,34-35H,3-8,10,12,15-33,39H2,1-2H3,(H,40,41)(H,43,44)/b11-9-,14-13-. The van der Waals surface area contributed by atoms with Crippen molar-refractivity contribution in [1.29, 1.82) is 0 Å². The predicted molar refractivity (Wildman–Crippen MR) is 188 cm³/mol. The lowest BCUT2D eigenvalue weighted by molar-refractivity contribution is -0.150. The number of amides is 1. The molecule has 0 aromatic rings. The topological polar surface area (TPSA) is 119 Å². The lowest BCUT2D eigenvalue weighted by atomic mass is 10.0. The van der Waals surface area contributed by atoms with Crippen LogP contribution in [0.25, 0.3) is 0 Å². The van der Waals surface area contributed by atoms with E-state index in [1.807, 2.05) is 0 Å². The summed E-state index contributed by atoms with van der Waals surface area (Å²) in [5.41, 5.74) is 5.46. The van der Waals surface area contributed by atoms with Crippen molar-refractivity contribution in [3.8, 4) is 0 Å². The Labute approximate surface area is 276 Å². The Morgan fingerprint density at radius 1 is 0.644 bits per heavy atom. The molecule has 0 radical (unpaired) electrons. The second-order valence-electron chi connectivity index (χ2n) is 12.6. The maximum atomic E-state index is 12.6. The number of aliphatic carboxylic acids is 1. The number of unbranched alkanes of at least 4 members (excludes halogenated alkanes) is 15. The molecule has 0 heterocycles. The second-order valence-corrected chi connectivity index (χ2v) is 12.6. The Morgan fingerprint density at radius 3 is 1.78 bits per heavy atom. The predicted octanol–water partition coefficient (Wildman–Crippen LogP) is 9.72. The number of hydrogen-bond donors (Lipinski definition) is 3. The smallest absolute Gasteiger partial charge is 0.326 e. The van der Waals surface area contributed by atoms with E-state index in [2.05, 4.69) is 43.5 Å². The summed E-state index contributed by atoms with van der Waals surface area (Å²) in [6, 6.07) is -0.863. The Kier molecular flexibility index (Phi) is 31.6. The van der Waals surface area contributed by atoms with Gasteiger partial charge in [0, 0.05) is 12.8 Å². The summed E-state index contributed by atoms with van der Waals surface area (Å²) in [4.78, 5) is 36.1. The lowest BCUT2D eigenvalue weighted by Gasteiger charge is -2.18. The second kappa shape index (κ2) is 33.2. The number of carbonyl (C=O) groups excluding carboxylic acids is 2. The van der Waals surface area contributed by atoms with Crippen LogP contribution in [0.5, 0.6) is 0 Å². The number of carbonyl (C=O) groups is 3. The molecule has 262 valence electrons. The van der Waals surface area contributed by atoms with Gasteiger partial charge < -0.3 is 20.9 Å². The summed E-state index contributed by atoms with van der Waals surface area (Å²) >= 11 is 0. The number of nitrogens with two attached hydrogens (primary N) is 1. The molecule has 7 nitrogen and oxygen atoms in total. The van der Waals surface area contributed by atoms with Crippen molar-refractivity contribution in [1.82, 2.24) is 5.32 Å². The van der Waals surface area contributed by atoms with Crippen LogP contribution < -0.4 is 11.1 Å². The van der Waals surface area contributed by atoms with E-state index in [-0.39, 0.29) is 18.0 Å². The van der Waals surface area contributed by atoms with Gasteiger partial charge in [-0.25, -0.2) is 4.79 Å². The Balaban J connectivity index is 4.22. The fourth-order valence-corrected chi connectivity index (χ4v) is 5.41. The molecule has 0 spiro atoms. The van der Waals surface area contributed by atoms with Gasteiger partial charge in [0.05, 0.1) is 0 Å². The minimum Gasteiger partial charge on any atom is -0.480 e. The number of carboxylic acid groups (broad SMARTS) is 1. The van der Waals surface area contributed by atoms with Crippen LogP contribution in [0.1, 0.15) is 181 Å². The van der Waals surface area contributed by atoms with E-state index in [1.54, 1.807) is 0 Å². The van der Waals surface area contributed by atoms with Crippen LogP contribution in [0.3, 0.4) is 0 Å². The van der Waals surface area contributed by atoms with Crippen molar-refractivity contribution >= 4 is 17.8 Å².